The van der Waals surface area contributed by atoms with Crippen molar-refractivity contribution >= 4 is 0 Å². The van der Waals surface area contributed by atoms with Gasteiger partial charge in [-0.3, -0.25) is 0 Å². The number of allylic oxidation sites excluding steroid dienone is 4. The van der Waals surface area contributed by atoms with Crippen LogP contribution in [0.5, 0.6) is 0 Å². The van der Waals surface area contributed by atoms with E-state index >= 15 is 0 Å². The van der Waals surface area contributed by atoms with Crippen LogP contribution in [0.3, 0.4) is 0 Å². The minimum absolute atomic E-state index is 0. The molecule has 0 N–H and O–H groups in total. The summed E-state index contributed by atoms with van der Waals surface area (Å²) in [6.45, 7) is 0. The van der Waals surface area contributed by atoms with Gasteiger partial charge in [-0.15, -0.1) is 0 Å². The molecule has 1 aliphatic rings. The summed E-state index contributed by atoms with van der Waals surface area (Å²) < 4.78 is 0. The zero-order valence-corrected chi connectivity index (χ0v) is 23.0. The van der Waals surface area contributed by atoms with Crippen molar-refractivity contribution in [1.82, 2.24) is 0 Å². The second kappa shape index (κ2) is 14.5. The molecule has 0 aliphatic heterocycles. The van der Waals surface area contributed by atoms with E-state index in [1.165, 1.54) is 33.4 Å². The van der Waals surface area contributed by atoms with Crippen LogP contribution in [0.4, 0.5) is 0 Å². The van der Waals surface area contributed by atoms with E-state index in [2.05, 4.69) is 133 Å². The van der Waals surface area contributed by atoms with Crippen molar-refractivity contribution in [2.75, 3.05) is 0 Å². The van der Waals surface area contributed by atoms with Crippen LogP contribution in [0.15, 0.2) is 139 Å². The molecule has 0 saturated carbocycles. The summed E-state index contributed by atoms with van der Waals surface area (Å²) in [4.78, 5) is 0. The molecule has 5 rings (SSSR count). The fourth-order valence-corrected chi connectivity index (χ4v) is 4.79. The monoisotopic (exact) mass is 550 g/mol. The van der Waals surface area contributed by atoms with Gasteiger partial charge in [0.15, 0.2) is 0 Å². The van der Waals surface area contributed by atoms with Crippen molar-refractivity contribution in [3.63, 3.8) is 0 Å². The SMILES string of the molecule is [C-]1=C(C(c2ccccc2)(c2ccccc2)c2ccccc2)CC=C1Cc1ccccc1.[Cl-].[Cl-].[Cl-].[Ti+4]. The fourth-order valence-electron chi connectivity index (χ4n) is 4.79. The summed E-state index contributed by atoms with van der Waals surface area (Å²) in [5, 5.41) is 0. The molecule has 174 valence electrons. The van der Waals surface area contributed by atoms with Crippen molar-refractivity contribution in [2.24, 2.45) is 0 Å². The molecule has 0 amide bonds. The Bertz CT molecular complexity index is 1110. The average molecular weight is 552 g/mol. The maximum Gasteiger partial charge on any atom is 4.00 e. The molecule has 0 nitrogen and oxygen atoms in total. The largest absolute Gasteiger partial charge is 4.00 e. The molecule has 0 saturated heterocycles. The Kier molecular flexibility index (Phi) is 12.8. The molecule has 0 bridgehead atoms. The molecule has 4 aromatic rings. The number of halogens is 3. The minimum atomic E-state index is -0.362. The maximum atomic E-state index is 3.85. The van der Waals surface area contributed by atoms with Gasteiger partial charge in [0.05, 0.1) is 0 Å². The van der Waals surface area contributed by atoms with Crippen LogP contribution in [0, 0.1) is 6.08 Å². The normalized spacial score (nSPS) is 12.0. The molecule has 4 heteroatoms. The van der Waals surface area contributed by atoms with Crippen LogP contribution in [0.25, 0.3) is 0 Å². The molecule has 4 aromatic carbocycles. The predicted octanol–water partition coefficient (Wildman–Crippen LogP) is -1.67. The van der Waals surface area contributed by atoms with Crippen LogP contribution < -0.4 is 37.2 Å². The van der Waals surface area contributed by atoms with Crippen molar-refractivity contribution in [1.29, 1.82) is 0 Å². The van der Waals surface area contributed by atoms with Gasteiger partial charge < -0.3 is 37.2 Å². The molecule has 0 atom stereocenters. The zero-order valence-electron chi connectivity index (χ0n) is 19.2. The van der Waals surface area contributed by atoms with Gasteiger partial charge >= 0.3 is 21.7 Å². The first-order valence-electron chi connectivity index (χ1n) is 10.9. The molecule has 0 aromatic heterocycles. The Hall–Kier alpha value is -2.06. The first-order valence-corrected chi connectivity index (χ1v) is 10.9. The van der Waals surface area contributed by atoms with Crippen LogP contribution in [0.2, 0.25) is 0 Å². The van der Waals surface area contributed by atoms with Gasteiger partial charge in [0.1, 0.15) is 0 Å². The smallest absolute Gasteiger partial charge is 1.00 e. The Balaban J connectivity index is 0.00000153. The molecule has 0 fully saturated rings. The maximum absolute atomic E-state index is 3.85. The quantitative estimate of drug-likeness (QED) is 0.153. The average Bonchev–Trinajstić information content (AvgIpc) is 3.31. The molecular formula is C31H25Cl3Ti. The molecule has 1 aliphatic carbocycles. The fraction of sp³-hybridized carbons (Fsp3) is 0.0968. The number of hydrogen-bond donors (Lipinski definition) is 0. The van der Waals surface area contributed by atoms with Gasteiger partial charge in [-0.25, -0.2) is 17.7 Å². The molecule has 0 heterocycles. The summed E-state index contributed by atoms with van der Waals surface area (Å²) in [6, 6.07) is 43.3. The van der Waals surface area contributed by atoms with Gasteiger partial charge in [-0.1, -0.05) is 128 Å². The zero-order chi connectivity index (χ0) is 20.9. The Morgan fingerprint density at radius 3 is 1.31 bits per heavy atom. The van der Waals surface area contributed by atoms with E-state index in [0.717, 1.165) is 12.8 Å². The van der Waals surface area contributed by atoms with E-state index in [1.807, 2.05) is 0 Å². The van der Waals surface area contributed by atoms with E-state index in [9.17, 15) is 0 Å². The molecule has 0 unspecified atom stereocenters. The van der Waals surface area contributed by atoms with Crippen LogP contribution in [0.1, 0.15) is 28.7 Å². The van der Waals surface area contributed by atoms with Crippen LogP contribution in [-0.4, -0.2) is 0 Å². The molecule has 35 heavy (non-hydrogen) atoms. The standard InChI is InChI=1S/C31H25.3ClH.Ti/c1-5-13-25(14-6-1)23-26-21-22-30(24-26)31(27-15-7-2-8-16-27,28-17-9-3-10-18-28)29-19-11-4-12-20-29;;;;/h1-21H,22-23H2;3*1H;/q-1;;;;+4/p-3. The van der Waals surface area contributed by atoms with E-state index in [4.69, 9.17) is 0 Å². The first kappa shape index (κ1) is 31.0. The summed E-state index contributed by atoms with van der Waals surface area (Å²) >= 11 is 0. The van der Waals surface area contributed by atoms with E-state index in [0.29, 0.717) is 0 Å². The number of hydrogen-bond acceptors (Lipinski definition) is 0. The molecule has 0 radical (unpaired) electrons. The third-order valence-electron chi connectivity index (χ3n) is 6.17. The van der Waals surface area contributed by atoms with Gasteiger partial charge in [-0.05, 0) is 28.7 Å². The number of rotatable bonds is 6. The van der Waals surface area contributed by atoms with Gasteiger partial charge in [0.25, 0.3) is 0 Å². The first-order chi connectivity index (χ1) is 15.4. The summed E-state index contributed by atoms with van der Waals surface area (Å²) in [7, 11) is 0. The van der Waals surface area contributed by atoms with Crippen molar-refractivity contribution in [2.45, 2.75) is 18.3 Å². The third-order valence-corrected chi connectivity index (χ3v) is 6.17. The van der Waals surface area contributed by atoms with E-state index < -0.39 is 0 Å². The Morgan fingerprint density at radius 1 is 0.543 bits per heavy atom. The van der Waals surface area contributed by atoms with Crippen LogP contribution >= 0.6 is 0 Å². The van der Waals surface area contributed by atoms with E-state index in [-0.39, 0.29) is 64.4 Å². The summed E-state index contributed by atoms with van der Waals surface area (Å²) in [5.74, 6) is 0. The predicted molar refractivity (Wildman–Crippen MR) is 129 cm³/mol. The number of benzene rings is 4. The molecule has 0 spiro atoms. The second-order valence-electron chi connectivity index (χ2n) is 8.05. The topological polar surface area (TPSA) is 0 Å². The van der Waals surface area contributed by atoms with Crippen molar-refractivity contribution in [3.05, 3.63) is 167 Å². The third kappa shape index (κ3) is 6.39. The van der Waals surface area contributed by atoms with E-state index in [1.54, 1.807) is 0 Å². The minimum Gasteiger partial charge on any atom is -1.00 e. The van der Waals surface area contributed by atoms with Crippen LogP contribution in [-0.2, 0) is 33.6 Å². The van der Waals surface area contributed by atoms with Gasteiger partial charge in [-0.2, -0.15) is 5.57 Å². The Labute approximate surface area is 242 Å². The van der Waals surface area contributed by atoms with Crippen molar-refractivity contribution < 1.29 is 58.9 Å². The molecular weight excluding hydrogens is 527 g/mol. The Morgan fingerprint density at radius 2 is 0.914 bits per heavy atom. The van der Waals surface area contributed by atoms with Crippen molar-refractivity contribution in [3.8, 4) is 0 Å². The summed E-state index contributed by atoms with van der Waals surface area (Å²) in [5.41, 5.74) is 7.39. The van der Waals surface area contributed by atoms with Gasteiger partial charge in [0.2, 0.25) is 0 Å². The summed E-state index contributed by atoms with van der Waals surface area (Å²) in [6.07, 6.45) is 8.03. The second-order valence-corrected chi connectivity index (χ2v) is 8.05. The van der Waals surface area contributed by atoms with Gasteiger partial charge in [0, 0.05) is 5.41 Å².